The number of rotatable bonds is 1. The molecule has 0 unspecified atom stereocenters. The van der Waals surface area contributed by atoms with Gasteiger partial charge in [0, 0.05) is 12.1 Å². The number of carbonyl (C=O) groups is 3. The molecule has 3 N–H and O–H groups in total. The van der Waals surface area contributed by atoms with Crippen molar-refractivity contribution >= 4 is 18.4 Å². The second kappa shape index (κ2) is 14.4. The molecule has 0 bridgehead atoms. The first-order chi connectivity index (χ1) is 15.4. The first kappa shape index (κ1) is 32.0. The SMILES string of the molecule is CC(C)(C)OC(=O)NC1CCCC1.CC(C)(C)OC(=O)OC(=O)OC(C)(C)C.NC1CCCC1. The maximum Gasteiger partial charge on any atom is 0.519 e. The van der Waals surface area contributed by atoms with Gasteiger partial charge < -0.3 is 30.0 Å². The first-order valence-electron chi connectivity index (χ1n) is 12.3. The molecule has 0 atom stereocenters. The van der Waals surface area contributed by atoms with Crippen molar-refractivity contribution in [1.29, 1.82) is 0 Å². The average molecular weight is 489 g/mol. The van der Waals surface area contributed by atoms with E-state index in [1.165, 1.54) is 38.5 Å². The highest BCUT2D eigenvalue weighted by Crippen LogP contribution is 2.18. The largest absolute Gasteiger partial charge is 0.519 e. The number of carbonyl (C=O) groups excluding carboxylic acids is 3. The van der Waals surface area contributed by atoms with E-state index in [2.05, 4.69) is 10.1 Å². The minimum atomic E-state index is -1.06. The number of nitrogens with two attached hydrogens (primary N) is 1. The molecule has 2 rings (SSSR count). The van der Waals surface area contributed by atoms with E-state index in [-0.39, 0.29) is 11.7 Å². The summed E-state index contributed by atoms with van der Waals surface area (Å²) in [5.74, 6) is 0. The lowest BCUT2D eigenvalue weighted by molar-refractivity contribution is -0.0294. The average Bonchev–Trinajstić information content (AvgIpc) is 3.24. The van der Waals surface area contributed by atoms with Crippen LogP contribution >= 0.6 is 0 Å². The van der Waals surface area contributed by atoms with Gasteiger partial charge in [-0.3, -0.25) is 0 Å². The van der Waals surface area contributed by atoms with Crippen molar-refractivity contribution in [2.45, 2.75) is 143 Å². The molecule has 9 nitrogen and oxygen atoms in total. The van der Waals surface area contributed by atoms with Crippen molar-refractivity contribution in [3.8, 4) is 0 Å². The van der Waals surface area contributed by atoms with Gasteiger partial charge in [0.2, 0.25) is 0 Å². The van der Waals surface area contributed by atoms with E-state index in [1.54, 1.807) is 41.5 Å². The minimum absolute atomic E-state index is 0.278. The minimum Gasteiger partial charge on any atom is -0.444 e. The lowest BCUT2D eigenvalue weighted by Gasteiger charge is -2.21. The van der Waals surface area contributed by atoms with Gasteiger partial charge in [-0.05, 0) is 88.0 Å². The fraction of sp³-hybridized carbons (Fsp3) is 0.880. The lowest BCUT2D eigenvalue weighted by atomic mass is 10.2. The Morgan fingerprint density at radius 1 is 0.647 bits per heavy atom. The van der Waals surface area contributed by atoms with E-state index in [0.717, 1.165) is 12.8 Å². The normalized spacial score (nSPS) is 16.9. The second-order valence-corrected chi connectivity index (χ2v) is 11.7. The molecule has 2 fully saturated rings. The standard InChI is InChI=1S/C10H19NO2.C10H18O5.C5H11N/c1-10(2,3)13-9(12)11-8-6-4-5-7-8;1-9(2,3)14-7(11)13-8(12)15-10(4,5)6;6-5-3-1-2-4-5/h8H,4-7H2,1-3H3,(H,11,12);1-6H3;5H,1-4,6H2. The summed E-state index contributed by atoms with van der Waals surface area (Å²) < 4.78 is 19.0. The van der Waals surface area contributed by atoms with Crippen molar-refractivity contribution in [3.63, 3.8) is 0 Å². The van der Waals surface area contributed by atoms with Crippen LogP contribution in [0.3, 0.4) is 0 Å². The molecule has 0 heterocycles. The van der Waals surface area contributed by atoms with Gasteiger partial charge in [0.25, 0.3) is 0 Å². The Hall–Kier alpha value is -2.03. The van der Waals surface area contributed by atoms with E-state index in [0.29, 0.717) is 12.1 Å². The molecule has 2 aliphatic rings. The third-order valence-electron chi connectivity index (χ3n) is 4.42. The van der Waals surface area contributed by atoms with Gasteiger partial charge in [-0.2, -0.15) is 0 Å². The van der Waals surface area contributed by atoms with E-state index in [1.807, 2.05) is 20.8 Å². The third-order valence-corrected chi connectivity index (χ3v) is 4.42. The van der Waals surface area contributed by atoms with Crippen molar-refractivity contribution in [3.05, 3.63) is 0 Å². The lowest BCUT2D eigenvalue weighted by Crippen LogP contribution is -2.37. The van der Waals surface area contributed by atoms with Crippen LogP contribution in [0.25, 0.3) is 0 Å². The van der Waals surface area contributed by atoms with Crippen molar-refractivity contribution in [2.24, 2.45) is 5.73 Å². The van der Waals surface area contributed by atoms with Crippen LogP contribution in [0.4, 0.5) is 14.4 Å². The number of amides is 1. The summed E-state index contributed by atoms with van der Waals surface area (Å²) in [5, 5.41) is 2.87. The summed E-state index contributed by atoms with van der Waals surface area (Å²) >= 11 is 0. The monoisotopic (exact) mass is 488 g/mol. The van der Waals surface area contributed by atoms with Crippen LogP contribution in [0.5, 0.6) is 0 Å². The van der Waals surface area contributed by atoms with Crippen molar-refractivity contribution < 1.29 is 33.3 Å². The van der Waals surface area contributed by atoms with Gasteiger partial charge in [-0.25, -0.2) is 14.4 Å². The van der Waals surface area contributed by atoms with Crippen LogP contribution in [0.15, 0.2) is 0 Å². The van der Waals surface area contributed by atoms with Crippen LogP contribution in [-0.4, -0.2) is 47.3 Å². The van der Waals surface area contributed by atoms with Crippen LogP contribution in [-0.2, 0) is 18.9 Å². The topological polar surface area (TPSA) is 126 Å². The molecule has 0 aromatic carbocycles. The van der Waals surface area contributed by atoms with E-state index in [4.69, 9.17) is 19.9 Å². The van der Waals surface area contributed by atoms with E-state index >= 15 is 0 Å². The molecule has 200 valence electrons. The highest BCUT2D eigenvalue weighted by atomic mass is 16.8. The Bertz CT molecular complexity index is 593. The third kappa shape index (κ3) is 20.6. The Morgan fingerprint density at radius 3 is 1.29 bits per heavy atom. The molecule has 0 aromatic rings. The summed E-state index contributed by atoms with van der Waals surface area (Å²) in [6, 6.07) is 0.889. The molecule has 0 radical (unpaired) electrons. The zero-order valence-electron chi connectivity index (χ0n) is 22.7. The van der Waals surface area contributed by atoms with Crippen LogP contribution in [0, 0.1) is 0 Å². The molecule has 0 aromatic heterocycles. The van der Waals surface area contributed by atoms with Crippen molar-refractivity contribution in [1.82, 2.24) is 5.32 Å². The summed E-state index contributed by atoms with van der Waals surface area (Å²) in [7, 11) is 0. The predicted molar refractivity (Wildman–Crippen MR) is 132 cm³/mol. The van der Waals surface area contributed by atoms with Gasteiger partial charge in [0.05, 0.1) is 0 Å². The zero-order chi connectivity index (χ0) is 26.6. The van der Waals surface area contributed by atoms with Crippen LogP contribution < -0.4 is 11.1 Å². The van der Waals surface area contributed by atoms with Crippen molar-refractivity contribution in [2.75, 3.05) is 0 Å². The first-order valence-corrected chi connectivity index (χ1v) is 12.3. The zero-order valence-corrected chi connectivity index (χ0v) is 22.7. The molecule has 34 heavy (non-hydrogen) atoms. The molecular weight excluding hydrogens is 440 g/mol. The van der Waals surface area contributed by atoms with Gasteiger partial charge in [0.1, 0.15) is 16.8 Å². The fourth-order valence-electron chi connectivity index (χ4n) is 3.11. The Balaban J connectivity index is 0.000000518. The van der Waals surface area contributed by atoms with E-state index < -0.39 is 23.5 Å². The fourth-order valence-corrected chi connectivity index (χ4v) is 3.11. The number of hydrogen-bond acceptors (Lipinski definition) is 8. The molecule has 0 saturated heterocycles. The Morgan fingerprint density at radius 2 is 1.00 bits per heavy atom. The molecule has 9 heteroatoms. The molecule has 0 aliphatic heterocycles. The summed E-state index contributed by atoms with van der Waals surface area (Å²) in [4.78, 5) is 33.3. The number of alkyl carbamates (subject to hydrolysis) is 1. The maximum absolute atomic E-state index is 11.3. The van der Waals surface area contributed by atoms with Crippen LogP contribution in [0.1, 0.15) is 114 Å². The van der Waals surface area contributed by atoms with Gasteiger partial charge in [0.15, 0.2) is 0 Å². The van der Waals surface area contributed by atoms with Gasteiger partial charge >= 0.3 is 18.4 Å². The maximum atomic E-state index is 11.3. The van der Waals surface area contributed by atoms with E-state index in [9.17, 15) is 14.4 Å². The molecule has 2 aliphatic carbocycles. The number of hydrogen-bond donors (Lipinski definition) is 2. The quantitative estimate of drug-likeness (QED) is 0.253. The summed E-state index contributed by atoms with van der Waals surface area (Å²) in [6.07, 6.45) is 7.50. The highest BCUT2D eigenvalue weighted by molar-refractivity contribution is 5.77. The van der Waals surface area contributed by atoms with Crippen LogP contribution in [0.2, 0.25) is 0 Å². The number of nitrogens with one attached hydrogen (secondary N) is 1. The molecular formula is C25H48N2O7. The Labute approximate surface area is 205 Å². The summed E-state index contributed by atoms with van der Waals surface area (Å²) in [6.45, 7) is 15.6. The molecule has 2 saturated carbocycles. The van der Waals surface area contributed by atoms with Gasteiger partial charge in [-0.1, -0.05) is 25.7 Å². The number of ether oxygens (including phenoxy) is 4. The molecule has 0 spiro atoms. The van der Waals surface area contributed by atoms with Gasteiger partial charge in [-0.15, -0.1) is 0 Å². The smallest absolute Gasteiger partial charge is 0.444 e. The molecule has 1 amide bonds. The Kier molecular flexibility index (Phi) is 13.5. The predicted octanol–water partition coefficient (Wildman–Crippen LogP) is 6.21. The second-order valence-electron chi connectivity index (χ2n) is 11.7. The summed E-state index contributed by atoms with van der Waals surface area (Å²) in [5.41, 5.74) is 3.76. The highest BCUT2D eigenvalue weighted by Gasteiger charge is 2.24.